The average molecular weight is 457 g/mol. The molecule has 6 nitrogen and oxygen atoms in total. The normalized spacial score (nSPS) is 10.2. The van der Waals surface area contributed by atoms with E-state index >= 15 is 0 Å². The third-order valence-electron chi connectivity index (χ3n) is 3.65. The van der Waals surface area contributed by atoms with Crippen LogP contribution in [0, 0.1) is 0 Å². The van der Waals surface area contributed by atoms with Crippen molar-refractivity contribution in [3.8, 4) is 11.5 Å². The number of benzene rings is 2. The van der Waals surface area contributed by atoms with Gasteiger partial charge in [-0.1, -0.05) is 39.7 Å². The van der Waals surface area contributed by atoms with Gasteiger partial charge in [-0.2, -0.15) is 0 Å². The van der Waals surface area contributed by atoms with Crippen LogP contribution in [0.25, 0.3) is 0 Å². The summed E-state index contributed by atoms with van der Waals surface area (Å²) in [7, 11) is 3.04. The Hall–Kier alpha value is -2.25. The summed E-state index contributed by atoms with van der Waals surface area (Å²) in [5, 5.41) is 3.30. The molecule has 0 spiro atoms. The largest absolute Gasteiger partial charge is 0.493 e. The van der Waals surface area contributed by atoms with E-state index in [0.29, 0.717) is 33.1 Å². The quantitative estimate of drug-likeness (QED) is 0.615. The highest BCUT2D eigenvalue weighted by Crippen LogP contribution is 2.33. The topological polar surface area (TPSA) is 73.9 Å². The zero-order chi connectivity index (χ0) is 19.8. The van der Waals surface area contributed by atoms with Crippen LogP contribution < -0.4 is 14.8 Å². The Morgan fingerprint density at radius 1 is 1.07 bits per heavy atom. The van der Waals surface area contributed by atoms with Gasteiger partial charge >= 0.3 is 5.97 Å². The van der Waals surface area contributed by atoms with Crippen molar-refractivity contribution in [2.45, 2.75) is 13.0 Å². The van der Waals surface area contributed by atoms with Gasteiger partial charge < -0.3 is 19.5 Å². The van der Waals surface area contributed by atoms with Crippen molar-refractivity contribution in [2.24, 2.45) is 0 Å². The summed E-state index contributed by atoms with van der Waals surface area (Å²) in [4.78, 5) is 23.9. The summed E-state index contributed by atoms with van der Waals surface area (Å²) in [6, 6.07) is 10.5. The van der Waals surface area contributed by atoms with E-state index in [2.05, 4.69) is 21.2 Å². The Kier molecular flexibility index (Phi) is 7.94. The zero-order valence-electron chi connectivity index (χ0n) is 14.9. The lowest BCUT2D eigenvalue weighted by Crippen LogP contribution is -2.28. The lowest BCUT2D eigenvalue weighted by atomic mass is 10.1. The van der Waals surface area contributed by atoms with E-state index in [1.165, 1.54) is 14.2 Å². The van der Waals surface area contributed by atoms with Gasteiger partial charge in [0.05, 0.1) is 20.6 Å². The minimum absolute atomic E-state index is 0.00853. The average Bonchev–Trinajstić information content (AvgIpc) is 2.67. The highest BCUT2D eigenvalue weighted by molar-refractivity contribution is 9.10. The molecule has 0 unspecified atom stereocenters. The molecule has 2 aromatic carbocycles. The van der Waals surface area contributed by atoms with E-state index in [-0.39, 0.29) is 18.9 Å². The van der Waals surface area contributed by atoms with Gasteiger partial charge in [-0.05, 0) is 35.4 Å². The fourth-order valence-electron chi connectivity index (χ4n) is 2.24. The second kappa shape index (κ2) is 10.2. The second-order valence-corrected chi connectivity index (χ2v) is 6.83. The van der Waals surface area contributed by atoms with Crippen molar-refractivity contribution < 1.29 is 23.8 Å². The van der Waals surface area contributed by atoms with Gasteiger partial charge in [0.1, 0.15) is 0 Å². The molecular weight excluding hydrogens is 438 g/mol. The number of nitrogens with one attached hydrogen (secondary N) is 1. The maximum absolute atomic E-state index is 12.0. The molecule has 0 aliphatic carbocycles. The summed E-state index contributed by atoms with van der Waals surface area (Å²) in [6.45, 7) is -0.0217. The van der Waals surface area contributed by atoms with E-state index in [1.54, 1.807) is 24.3 Å². The minimum atomic E-state index is -0.524. The molecule has 0 saturated heterocycles. The molecule has 0 bridgehead atoms. The maximum atomic E-state index is 12.0. The molecule has 0 saturated carbocycles. The van der Waals surface area contributed by atoms with Crippen LogP contribution in [0.4, 0.5) is 0 Å². The van der Waals surface area contributed by atoms with Crippen molar-refractivity contribution in [1.29, 1.82) is 0 Å². The Morgan fingerprint density at radius 2 is 1.70 bits per heavy atom. The predicted molar refractivity (Wildman–Crippen MR) is 105 cm³/mol. The van der Waals surface area contributed by atoms with Crippen LogP contribution in [0.1, 0.15) is 11.1 Å². The second-order valence-electron chi connectivity index (χ2n) is 5.54. The Bertz CT molecular complexity index is 810. The molecule has 0 radical (unpaired) electrons. The lowest BCUT2D eigenvalue weighted by molar-refractivity contribution is -0.147. The van der Waals surface area contributed by atoms with E-state index in [0.717, 1.165) is 5.56 Å². The number of halogens is 2. The fraction of sp³-hybridized carbons (Fsp3) is 0.263. The number of amides is 1. The third-order valence-corrected chi connectivity index (χ3v) is 4.64. The molecule has 0 fully saturated rings. The summed E-state index contributed by atoms with van der Waals surface area (Å²) in [5.41, 5.74) is 1.56. The molecule has 0 aliphatic heterocycles. The monoisotopic (exact) mass is 455 g/mol. The van der Waals surface area contributed by atoms with Gasteiger partial charge in [-0.3, -0.25) is 9.59 Å². The van der Waals surface area contributed by atoms with Crippen LogP contribution in [0.15, 0.2) is 40.9 Å². The van der Waals surface area contributed by atoms with Crippen molar-refractivity contribution in [3.63, 3.8) is 0 Å². The first-order chi connectivity index (χ1) is 12.9. The van der Waals surface area contributed by atoms with Crippen molar-refractivity contribution >= 4 is 39.4 Å². The van der Waals surface area contributed by atoms with Crippen LogP contribution in [0.5, 0.6) is 11.5 Å². The molecular formula is C19H19BrClNO5. The number of hydrogen-bond donors (Lipinski definition) is 1. The number of rotatable bonds is 8. The van der Waals surface area contributed by atoms with Gasteiger partial charge in [0.15, 0.2) is 18.1 Å². The van der Waals surface area contributed by atoms with Gasteiger partial charge in [0.25, 0.3) is 5.91 Å². The molecule has 27 heavy (non-hydrogen) atoms. The SMILES string of the molecule is COc1cc(Br)c(CC(=O)OCC(=O)NCc2ccc(Cl)cc2)cc1OC. The number of methoxy groups -OCH3 is 2. The zero-order valence-corrected chi connectivity index (χ0v) is 17.2. The third kappa shape index (κ3) is 6.45. The van der Waals surface area contributed by atoms with Crippen LogP contribution in [-0.2, 0) is 27.3 Å². The molecule has 8 heteroatoms. The summed E-state index contributed by atoms with van der Waals surface area (Å²) in [6.07, 6.45) is -0.00853. The molecule has 1 N–H and O–H groups in total. The number of esters is 1. The Morgan fingerprint density at radius 3 is 2.33 bits per heavy atom. The summed E-state index contributed by atoms with van der Waals surface area (Å²) >= 11 is 9.19. The van der Waals surface area contributed by atoms with Gasteiger partial charge in [0.2, 0.25) is 0 Å². The van der Waals surface area contributed by atoms with Crippen LogP contribution in [-0.4, -0.2) is 32.7 Å². The molecule has 0 heterocycles. The lowest BCUT2D eigenvalue weighted by Gasteiger charge is -2.12. The standard InChI is InChI=1S/C19H19BrClNO5/c1-25-16-7-13(15(20)9-17(16)26-2)8-19(24)27-11-18(23)22-10-12-3-5-14(21)6-4-12/h3-7,9H,8,10-11H2,1-2H3,(H,22,23). The summed E-state index contributed by atoms with van der Waals surface area (Å²) < 4.78 is 16.1. The number of carbonyl (C=O) groups excluding carboxylic acids is 2. The molecule has 1 amide bonds. The van der Waals surface area contributed by atoms with Crippen LogP contribution >= 0.6 is 27.5 Å². The van der Waals surface area contributed by atoms with Gasteiger partial charge in [-0.15, -0.1) is 0 Å². The maximum Gasteiger partial charge on any atom is 0.310 e. The molecule has 2 aromatic rings. The van der Waals surface area contributed by atoms with Crippen LogP contribution in [0.3, 0.4) is 0 Å². The van der Waals surface area contributed by atoms with Gasteiger partial charge in [0, 0.05) is 16.0 Å². The van der Waals surface area contributed by atoms with Crippen molar-refractivity contribution in [1.82, 2.24) is 5.32 Å². The first kappa shape index (κ1) is 21.1. The Balaban J connectivity index is 1.83. The first-order valence-corrected chi connectivity index (χ1v) is 9.17. The Labute approximate surface area is 170 Å². The smallest absolute Gasteiger partial charge is 0.310 e. The minimum Gasteiger partial charge on any atom is -0.493 e. The van der Waals surface area contributed by atoms with Gasteiger partial charge in [-0.25, -0.2) is 0 Å². The molecule has 144 valence electrons. The van der Waals surface area contributed by atoms with Crippen LogP contribution in [0.2, 0.25) is 5.02 Å². The molecule has 2 rings (SSSR count). The number of hydrogen-bond acceptors (Lipinski definition) is 5. The van der Waals surface area contributed by atoms with E-state index in [1.807, 2.05) is 12.1 Å². The van der Waals surface area contributed by atoms with E-state index in [9.17, 15) is 9.59 Å². The fourth-order valence-corrected chi connectivity index (χ4v) is 2.83. The van der Waals surface area contributed by atoms with Crippen molar-refractivity contribution in [2.75, 3.05) is 20.8 Å². The molecule has 0 aliphatic rings. The van der Waals surface area contributed by atoms with E-state index in [4.69, 9.17) is 25.8 Å². The molecule has 0 atom stereocenters. The number of ether oxygens (including phenoxy) is 3. The summed E-state index contributed by atoms with van der Waals surface area (Å²) in [5.74, 6) is 0.140. The highest BCUT2D eigenvalue weighted by atomic mass is 79.9. The predicted octanol–water partition coefficient (Wildman–Crippen LogP) is 3.52. The van der Waals surface area contributed by atoms with E-state index < -0.39 is 5.97 Å². The first-order valence-electron chi connectivity index (χ1n) is 8.00. The number of carbonyl (C=O) groups is 2. The van der Waals surface area contributed by atoms with Crippen molar-refractivity contribution in [3.05, 3.63) is 57.0 Å². The molecule has 0 aromatic heterocycles. The highest BCUT2D eigenvalue weighted by Gasteiger charge is 2.14.